The predicted octanol–water partition coefficient (Wildman–Crippen LogP) is 8.55. The van der Waals surface area contributed by atoms with E-state index in [0.29, 0.717) is 58.7 Å². The van der Waals surface area contributed by atoms with Crippen LogP contribution in [0.4, 0.5) is 69.8 Å². The topological polar surface area (TPSA) is 186 Å². The smallest absolute Gasteiger partial charge is 0.233 e. The Morgan fingerprint density at radius 3 is 0.714 bits per heavy atom. The van der Waals surface area contributed by atoms with Crippen LogP contribution in [-0.4, -0.2) is 58.3 Å². The van der Waals surface area contributed by atoms with Gasteiger partial charge in [0.15, 0.2) is 0 Å². The molecule has 16 heteroatoms. The van der Waals surface area contributed by atoms with Gasteiger partial charge in [-0.2, -0.15) is 29.9 Å². The second kappa shape index (κ2) is 17.3. The first-order chi connectivity index (χ1) is 27.4. The van der Waals surface area contributed by atoms with Crippen molar-refractivity contribution in [3.63, 3.8) is 0 Å². The minimum Gasteiger partial charge on any atom is -0.497 e. The maximum atomic E-state index is 5.38. The summed E-state index contributed by atoms with van der Waals surface area (Å²) in [7, 11) is 6.45. The summed E-state index contributed by atoms with van der Waals surface area (Å²) in [6, 6.07) is 37.4. The van der Waals surface area contributed by atoms with E-state index < -0.39 is 0 Å². The summed E-state index contributed by atoms with van der Waals surface area (Å²) in [5.74, 6) is 4.61. The van der Waals surface area contributed by atoms with E-state index in [-0.39, 0.29) is 0 Å². The average molecular weight is 751 g/mol. The Bertz CT molecular complexity index is 2110. The Balaban J connectivity index is 1.12. The van der Waals surface area contributed by atoms with Gasteiger partial charge in [-0.05, 0) is 72.8 Å². The van der Waals surface area contributed by atoms with Gasteiger partial charge in [-0.15, -0.1) is 0 Å². The van der Waals surface area contributed by atoms with Gasteiger partial charge in [0.1, 0.15) is 23.0 Å². The third kappa shape index (κ3) is 9.75. The van der Waals surface area contributed by atoms with Crippen LogP contribution in [0.25, 0.3) is 0 Å². The summed E-state index contributed by atoms with van der Waals surface area (Å²) >= 11 is 0. The Labute approximate surface area is 322 Å². The molecule has 0 aliphatic heterocycles. The molecule has 0 fully saturated rings. The summed E-state index contributed by atoms with van der Waals surface area (Å²) in [6.07, 6.45) is 0. The molecule has 7 aromatic rings. The fraction of sp³-hybridized carbons (Fsp3) is 0.100. The largest absolute Gasteiger partial charge is 0.497 e. The quantitative estimate of drug-likeness (QED) is 0.0551. The van der Waals surface area contributed by atoms with Crippen molar-refractivity contribution < 1.29 is 18.9 Å². The summed E-state index contributed by atoms with van der Waals surface area (Å²) in [5, 5.41) is 19.5. The zero-order valence-corrected chi connectivity index (χ0v) is 30.9. The summed E-state index contributed by atoms with van der Waals surface area (Å²) in [6.45, 7) is 0. The number of anilines is 12. The number of nitrogens with zero attached hydrogens (tertiary/aromatic N) is 6. The molecule has 0 aliphatic rings. The third-order valence-electron chi connectivity index (χ3n) is 7.97. The molecule has 0 spiro atoms. The third-order valence-corrected chi connectivity index (χ3v) is 7.97. The van der Waals surface area contributed by atoms with Gasteiger partial charge in [0.25, 0.3) is 0 Å². The van der Waals surface area contributed by atoms with Crippen LogP contribution in [0.1, 0.15) is 0 Å². The SMILES string of the molecule is COc1cccc(Nc2nc(Nc3ccc(Nc4nc(Nc5cccc(OC)c5)nc(Nc5cccc(OC)c5)n4)cc3)nc(Nc3cccc(OC)c3)n2)c1. The monoisotopic (exact) mass is 750 g/mol. The van der Waals surface area contributed by atoms with Crippen molar-refractivity contribution in [1.29, 1.82) is 0 Å². The second-order valence-electron chi connectivity index (χ2n) is 11.9. The highest BCUT2D eigenvalue weighted by molar-refractivity contribution is 5.67. The van der Waals surface area contributed by atoms with Crippen LogP contribution in [-0.2, 0) is 0 Å². The van der Waals surface area contributed by atoms with Crippen LogP contribution in [0.2, 0.25) is 0 Å². The first-order valence-electron chi connectivity index (χ1n) is 17.2. The molecule has 282 valence electrons. The number of hydrogen-bond donors (Lipinski definition) is 6. The van der Waals surface area contributed by atoms with Gasteiger partial charge in [0, 0.05) is 58.4 Å². The van der Waals surface area contributed by atoms with E-state index in [1.54, 1.807) is 28.4 Å². The molecule has 2 heterocycles. The van der Waals surface area contributed by atoms with Gasteiger partial charge in [0.05, 0.1) is 28.4 Å². The lowest BCUT2D eigenvalue weighted by Gasteiger charge is -2.13. The van der Waals surface area contributed by atoms with Crippen LogP contribution in [0.15, 0.2) is 121 Å². The molecule has 56 heavy (non-hydrogen) atoms. The molecule has 0 atom stereocenters. The van der Waals surface area contributed by atoms with Gasteiger partial charge in [-0.1, -0.05) is 24.3 Å². The highest BCUT2D eigenvalue weighted by Crippen LogP contribution is 2.27. The minimum absolute atomic E-state index is 0.301. The average Bonchev–Trinajstić information content (AvgIpc) is 3.21. The van der Waals surface area contributed by atoms with E-state index in [1.807, 2.05) is 121 Å². The number of hydrogen-bond acceptors (Lipinski definition) is 16. The normalized spacial score (nSPS) is 10.5. The summed E-state index contributed by atoms with van der Waals surface area (Å²) in [4.78, 5) is 27.7. The van der Waals surface area contributed by atoms with Crippen LogP contribution in [0, 0.1) is 0 Å². The highest BCUT2D eigenvalue weighted by Gasteiger charge is 2.12. The molecule has 16 nitrogen and oxygen atoms in total. The Hall–Kier alpha value is -7.88. The highest BCUT2D eigenvalue weighted by atomic mass is 16.5. The number of benzene rings is 5. The molecule has 2 aromatic heterocycles. The van der Waals surface area contributed by atoms with E-state index in [0.717, 1.165) is 34.1 Å². The molecular weight excluding hydrogens is 713 g/mol. The minimum atomic E-state index is 0.301. The fourth-order valence-corrected chi connectivity index (χ4v) is 5.30. The van der Waals surface area contributed by atoms with E-state index in [4.69, 9.17) is 18.9 Å². The zero-order valence-electron chi connectivity index (χ0n) is 30.9. The number of nitrogens with one attached hydrogen (secondary N) is 6. The van der Waals surface area contributed by atoms with Crippen molar-refractivity contribution in [2.24, 2.45) is 0 Å². The molecule has 0 bridgehead atoms. The predicted molar refractivity (Wildman–Crippen MR) is 218 cm³/mol. The zero-order chi connectivity index (χ0) is 38.7. The standard InChI is InChI=1S/C40H38N12O4/c1-53-31-13-5-9-27(21-31)43-37-47-35(48-38(51-37)44-28-10-6-14-32(22-28)54-2)41-25-17-19-26(20-18-25)42-36-49-39(45-29-11-7-15-33(23-29)55-3)52-40(50-36)46-30-12-8-16-34(24-30)56-4/h5-24H,1-4H3,(H3,41,43,44,47,48,51)(H3,42,45,46,49,50,52). The van der Waals surface area contributed by atoms with Crippen LogP contribution in [0.3, 0.4) is 0 Å². The summed E-state index contributed by atoms with van der Waals surface area (Å²) < 4.78 is 21.5. The molecule has 5 aromatic carbocycles. The first-order valence-corrected chi connectivity index (χ1v) is 17.2. The first kappa shape index (κ1) is 36.5. The molecular formula is C40H38N12O4. The molecule has 0 saturated carbocycles. The van der Waals surface area contributed by atoms with Crippen molar-refractivity contribution in [3.05, 3.63) is 121 Å². The van der Waals surface area contributed by atoms with Crippen molar-refractivity contribution >= 4 is 69.8 Å². The van der Waals surface area contributed by atoms with E-state index in [9.17, 15) is 0 Å². The number of aromatic nitrogens is 6. The Kier molecular flexibility index (Phi) is 11.3. The summed E-state index contributed by atoms with van der Waals surface area (Å²) in [5.41, 5.74) is 4.41. The van der Waals surface area contributed by atoms with Crippen molar-refractivity contribution in [2.75, 3.05) is 60.3 Å². The van der Waals surface area contributed by atoms with Gasteiger partial charge in [-0.3, -0.25) is 0 Å². The van der Waals surface area contributed by atoms with Crippen LogP contribution >= 0.6 is 0 Å². The Morgan fingerprint density at radius 2 is 0.500 bits per heavy atom. The van der Waals surface area contributed by atoms with E-state index >= 15 is 0 Å². The molecule has 0 radical (unpaired) electrons. The molecule has 0 amide bonds. The number of methoxy groups -OCH3 is 4. The van der Waals surface area contributed by atoms with Gasteiger partial charge in [-0.25, -0.2) is 0 Å². The maximum absolute atomic E-state index is 5.38. The van der Waals surface area contributed by atoms with Crippen molar-refractivity contribution in [1.82, 2.24) is 29.9 Å². The van der Waals surface area contributed by atoms with Crippen LogP contribution in [0.5, 0.6) is 23.0 Å². The van der Waals surface area contributed by atoms with E-state index in [2.05, 4.69) is 61.8 Å². The molecule has 0 saturated heterocycles. The fourth-order valence-electron chi connectivity index (χ4n) is 5.30. The number of ether oxygens (including phenoxy) is 4. The van der Waals surface area contributed by atoms with Crippen molar-refractivity contribution in [2.45, 2.75) is 0 Å². The second-order valence-corrected chi connectivity index (χ2v) is 11.9. The lowest BCUT2D eigenvalue weighted by Crippen LogP contribution is -2.08. The van der Waals surface area contributed by atoms with Crippen molar-refractivity contribution in [3.8, 4) is 23.0 Å². The number of rotatable bonds is 16. The van der Waals surface area contributed by atoms with Gasteiger partial charge >= 0.3 is 0 Å². The molecule has 7 rings (SSSR count). The Morgan fingerprint density at radius 1 is 0.286 bits per heavy atom. The van der Waals surface area contributed by atoms with Crippen LogP contribution < -0.4 is 50.8 Å². The van der Waals surface area contributed by atoms with E-state index in [1.165, 1.54) is 0 Å². The van der Waals surface area contributed by atoms with Gasteiger partial charge in [0.2, 0.25) is 35.7 Å². The lowest BCUT2D eigenvalue weighted by atomic mass is 10.3. The molecule has 0 aliphatic carbocycles. The molecule has 0 unspecified atom stereocenters. The van der Waals surface area contributed by atoms with Gasteiger partial charge < -0.3 is 50.8 Å². The molecule has 6 N–H and O–H groups in total. The lowest BCUT2D eigenvalue weighted by molar-refractivity contribution is 0.415. The maximum Gasteiger partial charge on any atom is 0.233 e.